The van der Waals surface area contributed by atoms with Gasteiger partial charge in [-0.05, 0) is 55.7 Å². The van der Waals surface area contributed by atoms with Crippen LogP contribution in [0.3, 0.4) is 0 Å². The molecule has 0 bridgehead atoms. The third-order valence-electron chi connectivity index (χ3n) is 5.40. The number of methoxy groups -OCH3 is 1. The largest absolute Gasteiger partial charge is 0.496 e. The van der Waals surface area contributed by atoms with Crippen molar-refractivity contribution in [3.63, 3.8) is 0 Å². The number of amides is 2. The Morgan fingerprint density at radius 3 is 2.63 bits per heavy atom. The van der Waals surface area contributed by atoms with E-state index in [1.165, 1.54) is 0 Å². The van der Waals surface area contributed by atoms with Gasteiger partial charge >= 0.3 is 6.18 Å². The number of carbonyl (C=O) groups is 2. The molecular formula is C19H23F3N2O3. The summed E-state index contributed by atoms with van der Waals surface area (Å²) in [5.41, 5.74) is 2.99. The van der Waals surface area contributed by atoms with Gasteiger partial charge in [0.05, 0.1) is 13.2 Å². The molecule has 0 radical (unpaired) electrons. The minimum Gasteiger partial charge on any atom is -0.496 e. The average molecular weight is 384 g/mol. The molecule has 0 aromatic heterocycles. The first-order valence-electron chi connectivity index (χ1n) is 9.06. The van der Waals surface area contributed by atoms with Gasteiger partial charge < -0.3 is 15.4 Å². The molecule has 5 nitrogen and oxygen atoms in total. The van der Waals surface area contributed by atoms with Crippen molar-refractivity contribution in [1.82, 2.24) is 10.6 Å². The van der Waals surface area contributed by atoms with E-state index in [1.807, 2.05) is 24.4 Å². The minimum atomic E-state index is -4.49. The van der Waals surface area contributed by atoms with Gasteiger partial charge in [-0.25, -0.2) is 0 Å². The van der Waals surface area contributed by atoms with Crippen molar-refractivity contribution in [2.75, 3.05) is 7.11 Å². The molecule has 2 amide bonds. The summed E-state index contributed by atoms with van der Waals surface area (Å²) in [6, 6.07) is 1.71. The van der Waals surface area contributed by atoms with Crippen LogP contribution in [0.1, 0.15) is 48.4 Å². The van der Waals surface area contributed by atoms with Crippen molar-refractivity contribution in [2.24, 2.45) is 5.92 Å². The highest BCUT2D eigenvalue weighted by molar-refractivity contribution is 6.01. The summed E-state index contributed by atoms with van der Waals surface area (Å²) in [5.74, 6) is -1.68. The third kappa shape index (κ3) is 3.89. The molecule has 0 saturated carbocycles. The van der Waals surface area contributed by atoms with Gasteiger partial charge in [0.1, 0.15) is 17.7 Å². The Hall–Kier alpha value is -2.25. The monoisotopic (exact) mass is 384 g/mol. The van der Waals surface area contributed by atoms with Crippen LogP contribution in [-0.2, 0) is 16.0 Å². The lowest BCUT2D eigenvalue weighted by Crippen LogP contribution is -2.54. The fourth-order valence-corrected chi connectivity index (χ4v) is 3.99. The molecular weight excluding hydrogens is 361 g/mol. The highest BCUT2D eigenvalue weighted by Gasteiger charge is 2.46. The van der Waals surface area contributed by atoms with E-state index >= 15 is 0 Å². The summed E-state index contributed by atoms with van der Waals surface area (Å²) in [7, 11) is 1.61. The Balaban J connectivity index is 1.72. The van der Waals surface area contributed by atoms with Crippen molar-refractivity contribution >= 4 is 11.8 Å². The van der Waals surface area contributed by atoms with E-state index in [0.29, 0.717) is 6.42 Å². The van der Waals surface area contributed by atoms with Crippen molar-refractivity contribution in [3.05, 3.63) is 28.8 Å². The molecule has 3 unspecified atom stereocenters. The van der Waals surface area contributed by atoms with Crippen LogP contribution in [0.25, 0.3) is 0 Å². The SMILES string of the molecule is COc1c(C)ccc2c1CCCC2NC(=O)C1CCC(C(F)(F)F)NC1=O. The lowest BCUT2D eigenvalue weighted by Gasteiger charge is -2.32. The molecule has 148 valence electrons. The Bertz CT molecular complexity index is 748. The topological polar surface area (TPSA) is 67.4 Å². The predicted octanol–water partition coefficient (Wildman–Crippen LogP) is 2.95. The fraction of sp³-hybridized carbons (Fsp3) is 0.579. The van der Waals surface area contributed by atoms with Gasteiger partial charge in [-0.15, -0.1) is 0 Å². The molecule has 1 aromatic carbocycles. The molecule has 1 heterocycles. The smallest absolute Gasteiger partial charge is 0.408 e. The van der Waals surface area contributed by atoms with E-state index in [0.717, 1.165) is 35.3 Å². The zero-order chi connectivity index (χ0) is 19.8. The van der Waals surface area contributed by atoms with Crippen LogP contribution in [0.4, 0.5) is 13.2 Å². The Morgan fingerprint density at radius 1 is 1.26 bits per heavy atom. The number of hydrogen-bond donors (Lipinski definition) is 2. The zero-order valence-electron chi connectivity index (χ0n) is 15.3. The molecule has 0 spiro atoms. The highest BCUT2D eigenvalue weighted by Crippen LogP contribution is 2.37. The van der Waals surface area contributed by atoms with Crippen LogP contribution < -0.4 is 15.4 Å². The Morgan fingerprint density at radius 2 is 2.00 bits per heavy atom. The number of alkyl halides is 3. The number of halogens is 3. The van der Waals surface area contributed by atoms with E-state index in [4.69, 9.17) is 4.74 Å². The first kappa shape index (κ1) is 19.5. The molecule has 2 aliphatic rings. The first-order valence-corrected chi connectivity index (χ1v) is 9.06. The quantitative estimate of drug-likeness (QED) is 0.788. The van der Waals surface area contributed by atoms with E-state index in [-0.39, 0.29) is 18.9 Å². The van der Waals surface area contributed by atoms with Gasteiger partial charge in [0.15, 0.2) is 0 Å². The maximum atomic E-state index is 12.8. The molecule has 1 fully saturated rings. The van der Waals surface area contributed by atoms with E-state index in [1.54, 1.807) is 7.11 Å². The van der Waals surface area contributed by atoms with Crippen molar-refractivity contribution in [3.8, 4) is 5.75 Å². The summed E-state index contributed by atoms with van der Waals surface area (Å²) in [4.78, 5) is 24.6. The second-order valence-corrected chi connectivity index (χ2v) is 7.17. The van der Waals surface area contributed by atoms with Crippen molar-refractivity contribution in [1.29, 1.82) is 0 Å². The molecule has 8 heteroatoms. The molecule has 1 aromatic rings. The molecule has 3 atom stereocenters. The molecule has 2 N–H and O–H groups in total. The molecule has 1 saturated heterocycles. The van der Waals surface area contributed by atoms with E-state index in [2.05, 4.69) is 5.32 Å². The number of rotatable bonds is 3. The number of benzene rings is 1. The molecule has 1 aliphatic carbocycles. The zero-order valence-corrected chi connectivity index (χ0v) is 15.3. The van der Waals surface area contributed by atoms with Gasteiger partial charge in [-0.3, -0.25) is 9.59 Å². The summed E-state index contributed by atoms with van der Waals surface area (Å²) >= 11 is 0. The molecule has 1 aliphatic heterocycles. The maximum Gasteiger partial charge on any atom is 0.408 e. The number of aryl methyl sites for hydroxylation is 1. The number of nitrogens with one attached hydrogen (secondary N) is 2. The van der Waals surface area contributed by atoms with Crippen LogP contribution in [0.15, 0.2) is 12.1 Å². The summed E-state index contributed by atoms with van der Waals surface area (Å²) in [6.45, 7) is 1.95. The minimum absolute atomic E-state index is 0.112. The summed E-state index contributed by atoms with van der Waals surface area (Å²) in [5, 5.41) is 4.79. The predicted molar refractivity (Wildman–Crippen MR) is 92.3 cm³/mol. The lowest BCUT2D eigenvalue weighted by molar-refractivity contribution is -0.171. The number of ether oxygens (including phenoxy) is 1. The second-order valence-electron chi connectivity index (χ2n) is 7.17. The average Bonchev–Trinajstić information content (AvgIpc) is 2.60. The van der Waals surface area contributed by atoms with Crippen molar-refractivity contribution < 1.29 is 27.5 Å². The standard InChI is InChI=1S/C19H23F3N2O3/c1-10-6-7-11-12(16(10)27-2)4-3-5-14(11)23-17(25)13-8-9-15(19(20,21)22)24-18(13)26/h6-7,13-15H,3-5,8-9H2,1-2H3,(H,23,25)(H,24,26). The second kappa shape index (κ2) is 7.40. The summed E-state index contributed by atoms with van der Waals surface area (Å²) < 4.78 is 43.8. The van der Waals surface area contributed by atoms with Crippen LogP contribution in [0.5, 0.6) is 5.75 Å². The normalized spacial score (nSPS) is 25.4. The van der Waals surface area contributed by atoms with Gasteiger partial charge in [0.25, 0.3) is 0 Å². The number of hydrogen-bond acceptors (Lipinski definition) is 3. The number of carbonyl (C=O) groups excluding carboxylic acids is 2. The number of fused-ring (bicyclic) bond motifs is 1. The van der Waals surface area contributed by atoms with E-state index in [9.17, 15) is 22.8 Å². The van der Waals surface area contributed by atoms with Crippen LogP contribution in [-0.4, -0.2) is 31.1 Å². The van der Waals surface area contributed by atoms with Gasteiger partial charge in [0, 0.05) is 0 Å². The van der Waals surface area contributed by atoms with Crippen LogP contribution >= 0.6 is 0 Å². The van der Waals surface area contributed by atoms with Gasteiger partial charge in [0.2, 0.25) is 11.8 Å². The highest BCUT2D eigenvalue weighted by atomic mass is 19.4. The van der Waals surface area contributed by atoms with Crippen molar-refractivity contribution in [2.45, 2.75) is 57.3 Å². The fourth-order valence-electron chi connectivity index (χ4n) is 3.99. The molecule has 3 rings (SSSR count). The third-order valence-corrected chi connectivity index (χ3v) is 5.40. The van der Waals surface area contributed by atoms with Crippen LogP contribution in [0.2, 0.25) is 0 Å². The van der Waals surface area contributed by atoms with Gasteiger partial charge in [-0.2, -0.15) is 13.2 Å². The molecule has 27 heavy (non-hydrogen) atoms. The lowest BCUT2D eigenvalue weighted by atomic mass is 9.85. The Kier molecular flexibility index (Phi) is 5.35. The number of piperidine rings is 1. The van der Waals surface area contributed by atoms with Gasteiger partial charge in [-0.1, -0.05) is 12.1 Å². The maximum absolute atomic E-state index is 12.8. The first-order chi connectivity index (χ1) is 12.7. The van der Waals surface area contributed by atoms with E-state index < -0.39 is 30.0 Å². The Labute approximate surface area is 155 Å². The summed E-state index contributed by atoms with van der Waals surface area (Å²) in [6.07, 6.45) is -2.49. The van der Waals surface area contributed by atoms with Crippen LogP contribution in [0, 0.1) is 12.8 Å².